The number of nitrogens with zero attached hydrogens (tertiary/aromatic N) is 3. The molecule has 2 heterocycles. The summed E-state index contributed by atoms with van der Waals surface area (Å²) >= 11 is 0. The summed E-state index contributed by atoms with van der Waals surface area (Å²) in [5.74, 6) is -0.606. The monoisotopic (exact) mass is 290 g/mol. The number of hydrogen-bond donors (Lipinski definition) is 1. The van der Waals surface area contributed by atoms with E-state index in [9.17, 15) is 18.0 Å². The highest BCUT2D eigenvalue weighted by Gasteiger charge is 2.41. The maximum Gasteiger partial charge on any atom is 0.433 e. The van der Waals surface area contributed by atoms with Gasteiger partial charge >= 0.3 is 6.18 Å². The molecule has 8 heteroatoms. The standard InChI is InChI=1S/C12H17F3N4O/c1-3-19-10(12(13,14)15)9(6-17-19)11(20)18-5-4-16-8(2)7-18/h6,8,16H,3-5,7H2,1-2H3/t8-/m1/s1. The average molecular weight is 290 g/mol. The third kappa shape index (κ3) is 2.79. The highest BCUT2D eigenvalue weighted by molar-refractivity contribution is 5.95. The Bertz CT molecular complexity index is 497. The van der Waals surface area contributed by atoms with Crippen LogP contribution in [0.15, 0.2) is 6.20 Å². The van der Waals surface area contributed by atoms with E-state index < -0.39 is 17.8 Å². The van der Waals surface area contributed by atoms with Gasteiger partial charge in [-0.2, -0.15) is 18.3 Å². The van der Waals surface area contributed by atoms with E-state index in [1.165, 1.54) is 4.90 Å². The molecule has 2 rings (SSSR count). The molecule has 1 aromatic rings. The normalized spacial score (nSPS) is 20.2. The predicted molar refractivity (Wildman–Crippen MR) is 66.3 cm³/mol. The van der Waals surface area contributed by atoms with Gasteiger partial charge in [0.1, 0.15) is 0 Å². The fraction of sp³-hybridized carbons (Fsp3) is 0.667. The Balaban J connectivity index is 2.32. The van der Waals surface area contributed by atoms with Crippen LogP contribution in [0.1, 0.15) is 29.9 Å². The van der Waals surface area contributed by atoms with Crippen LogP contribution in [0.4, 0.5) is 13.2 Å². The minimum Gasteiger partial charge on any atom is -0.336 e. The Kier molecular flexibility index (Phi) is 4.03. The van der Waals surface area contributed by atoms with Crippen LogP contribution in [0, 0.1) is 0 Å². The molecule has 1 aliphatic rings. The zero-order valence-electron chi connectivity index (χ0n) is 11.4. The van der Waals surface area contributed by atoms with Crippen molar-refractivity contribution < 1.29 is 18.0 Å². The molecule has 0 aromatic carbocycles. The van der Waals surface area contributed by atoms with Gasteiger partial charge in [-0.15, -0.1) is 0 Å². The minimum absolute atomic E-state index is 0.0695. The van der Waals surface area contributed by atoms with Gasteiger partial charge in [0.2, 0.25) is 0 Å². The quantitative estimate of drug-likeness (QED) is 0.894. The van der Waals surface area contributed by atoms with Crippen molar-refractivity contribution in [3.8, 4) is 0 Å². The molecule has 1 amide bonds. The van der Waals surface area contributed by atoms with Gasteiger partial charge in [-0.25, -0.2) is 0 Å². The van der Waals surface area contributed by atoms with Gasteiger partial charge in [-0.1, -0.05) is 0 Å². The van der Waals surface area contributed by atoms with E-state index in [0.717, 1.165) is 10.9 Å². The number of carbonyl (C=O) groups excluding carboxylic acids is 1. The van der Waals surface area contributed by atoms with Crippen molar-refractivity contribution in [2.24, 2.45) is 0 Å². The van der Waals surface area contributed by atoms with E-state index in [4.69, 9.17) is 0 Å². The second kappa shape index (κ2) is 5.43. The fourth-order valence-electron chi connectivity index (χ4n) is 2.37. The highest BCUT2D eigenvalue weighted by atomic mass is 19.4. The maximum atomic E-state index is 13.1. The first-order valence-electron chi connectivity index (χ1n) is 6.50. The molecular weight excluding hydrogens is 273 g/mol. The lowest BCUT2D eigenvalue weighted by Gasteiger charge is -2.32. The van der Waals surface area contributed by atoms with E-state index in [1.807, 2.05) is 6.92 Å². The summed E-state index contributed by atoms with van der Waals surface area (Å²) < 4.78 is 40.1. The van der Waals surface area contributed by atoms with Gasteiger partial charge in [-0.3, -0.25) is 9.48 Å². The van der Waals surface area contributed by atoms with Gasteiger partial charge in [0.15, 0.2) is 5.69 Å². The van der Waals surface area contributed by atoms with Crippen molar-refractivity contribution in [3.63, 3.8) is 0 Å². The van der Waals surface area contributed by atoms with Crippen LogP contribution in [0.5, 0.6) is 0 Å². The summed E-state index contributed by atoms with van der Waals surface area (Å²) in [6, 6.07) is 0.0725. The number of alkyl halides is 3. The van der Waals surface area contributed by atoms with Crippen molar-refractivity contribution in [1.82, 2.24) is 20.0 Å². The number of nitrogens with one attached hydrogen (secondary N) is 1. The van der Waals surface area contributed by atoms with Gasteiger partial charge in [0.05, 0.1) is 11.8 Å². The van der Waals surface area contributed by atoms with Crippen LogP contribution in [0.25, 0.3) is 0 Å². The summed E-state index contributed by atoms with van der Waals surface area (Å²) in [7, 11) is 0. The second-order valence-electron chi connectivity index (χ2n) is 4.83. The molecule has 112 valence electrons. The summed E-state index contributed by atoms with van der Waals surface area (Å²) in [5, 5.41) is 6.81. The number of carbonyl (C=O) groups is 1. The molecule has 1 aromatic heterocycles. The van der Waals surface area contributed by atoms with Gasteiger partial charge in [-0.05, 0) is 13.8 Å². The molecule has 20 heavy (non-hydrogen) atoms. The van der Waals surface area contributed by atoms with Crippen LogP contribution in [-0.2, 0) is 12.7 Å². The largest absolute Gasteiger partial charge is 0.433 e. The number of aromatic nitrogens is 2. The summed E-state index contributed by atoms with van der Waals surface area (Å²) in [6.45, 7) is 4.89. The van der Waals surface area contributed by atoms with Crippen molar-refractivity contribution >= 4 is 5.91 Å². The lowest BCUT2D eigenvalue weighted by atomic mass is 10.1. The lowest BCUT2D eigenvalue weighted by Crippen LogP contribution is -2.51. The van der Waals surface area contributed by atoms with Crippen molar-refractivity contribution in [3.05, 3.63) is 17.5 Å². The van der Waals surface area contributed by atoms with Crippen molar-refractivity contribution in [1.29, 1.82) is 0 Å². The molecule has 1 N–H and O–H groups in total. The molecule has 1 saturated heterocycles. The van der Waals surface area contributed by atoms with Crippen molar-refractivity contribution in [2.45, 2.75) is 32.6 Å². The lowest BCUT2D eigenvalue weighted by molar-refractivity contribution is -0.144. The van der Waals surface area contributed by atoms with E-state index in [1.54, 1.807) is 6.92 Å². The van der Waals surface area contributed by atoms with E-state index in [2.05, 4.69) is 10.4 Å². The Morgan fingerprint density at radius 1 is 1.55 bits per heavy atom. The number of hydrogen-bond acceptors (Lipinski definition) is 3. The first-order valence-corrected chi connectivity index (χ1v) is 6.50. The predicted octanol–water partition coefficient (Wildman–Crippen LogP) is 1.36. The SMILES string of the molecule is CCn1ncc(C(=O)N2CCN[C@H](C)C2)c1C(F)(F)F. The molecule has 0 bridgehead atoms. The van der Waals surface area contributed by atoms with Crippen LogP contribution in [-0.4, -0.2) is 46.3 Å². The van der Waals surface area contributed by atoms with Crippen molar-refractivity contribution in [2.75, 3.05) is 19.6 Å². The van der Waals surface area contributed by atoms with E-state index in [-0.39, 0.29) is 18.2 Å². The Morgan fingerprint density at radius 2 is 2.25 bits per heavy atom. The number of halogens is 3. The first-order chi connectivity index (χ1) is 9.34. The Morgan fingerprint density at radius 3 is 2.80 bits per heavy atom. The molecule has 0 aliphatic carbocycles. The second-order valence-corrected chi connectivity index (χ2v) is 4.83. The molecule has 0 radical (unpaired) electrons. The highest BCUT2D eigenvalue weighted by Crippen LogP contribution is 2.32. The molecule has 1 atom stereocenters. The maximum absolute atomic E-state index is 13.1. The van der Waals surface area contributed by atoms with Crippen LogP contribution in [0.2, 0.25) is 0 Å². The molecule has 5 nitrogen and oxygen atoms in total. The molecule has 0 unspecified atom stereocenters. The summed E-state index contributed by atoms with van der Waals surface area (Å²) in [4.78, 5) is 13.7. The first kappa shape index (κ1) is 14.8. The van der Waals surface area contributed by atoms with Crippen LogP contribution >= 0.6 is 0 Å². The van der Waals surface area contributed by atoms with Crippen LogP contribution in [0.3, 0.4) is 0 Å². The fourth-order valence-corrected chi connectivity index (χ4v) is 2.37. The van der Waals surface area contributed by atoms with Gasteiger partial charge in [0, 0.05) is 32.2 Å². The molecule has 0 spiro atoms. The van der Waals surface area contributed by atoms with Gasteiger partial charge < -0.3 is 10.2 Å². The number of aryl methyl sites for hydroxylation is 1. The molecular formula is C12H17F3N4O. The molecule has 1 aliphatic heterocycles. The number of rotatable bonds is 2. The Hall–Kier alpha value is -1.57. The van der Waals surface area contributed by atoms with Gasteiger partial charge in [0.25, 0.3) is 5.91 Å². The number of piperazine rings is 1. The summed E-state index contributed by atoms with van der Waals surface area (Å²) in [6.07, 6.45) is -3.57. The summed E-state index contributed by atoms with van der Waals surface area (Å²) in [5.41, 5.74) is -1.33. The number of amides is 1. The van der Waals surface area contributed by atoms with Crippen LogP contribution < -0.4 is 5.32 Å². The van der Waals surface area contributed by atoms with E-state index in [0.29, 0.717) is 19.6 Å². The third-order valence-corrected chi connectivity index (χ3v) is 3.29. The Labute approximate surface area is 114 Å². The molecule has 1 fully saturated rings. The van der Waals surface area contributed by atoms with E-state index >= 15 is 0 Å². The minimum atomic E-state index is -4.59. The zero-order chi connectivity index (χ0) is 14.9. The topological polar surface area (TPSA) is 50.2 Å². The smallest absolute Gasteiger partial charge is 0.336 e. The third-order valence-electron chi connectivity index (χ3n) is 3.29. The molecule has 0 saturated carbocycles. The zero-order valence-corrected chi connectivity index (χ0v) is 11.4. The average Bonchev–Trinajstić information content (AvgIpc) is 2.81.